The molecule has 3 aromatic rings. The summed E-state index contributed by atoms with van der Waals surface area (Å²) >= 11 is 0. The predicted molar refractivity (Wildman–Crippen MR) is 78.7 cm³/mol. The lowest BCUT2D eigenvalue weighted by atomic mass is 10.2. The number of carbonyl (C=O) groups is 1. The molecule has 0 atom stereocenters. The van der Waals surface area contributed by atoms with Crippen molar-refractivity contribution in [2.75, 3.05) is 6.54 Å². The topological polar surface area (TPSA) is 42.2 Å². The SMILES string of the molecule is O=C(NCCc1cc2ccccc2o1)c1ccccc1F. The van der Waals surface area contributed by atoms with Gasteiger partial charge in [-0.15, -0.1) is 0 Å². The lowest BCUT2D eigenvalue weighted by Crippen LogP contribution is -2.26. The van der Waals surface area contributed by atoms with Crippen molar-refractivity contribution in [3.63, 3.8) is 0 Å². The Morgan fingerprint density at radius 1 is 1.10 bits per heavy atom. The summed E-state index contributed by atoms with van der Waals surface area (Å²) in [6.07, 6.45) is 0.564. The number of carbonyl (C=O) groups excluding carboxylic acids is 1. The zero-order valence-electron chi connectivity index (χ0n) is 11.3. The fraction of sp³-hybridized carbons (Fsp3) is 0.118. The number of amides is 1. The molecule has 0 spiro atoms. The molecule has 3 nitrogen and oxygen atoms in total. The molecule has 0 aliphatic heterocycles. The van der Waals surface area contributed by atoms with E-state index in [1.165, 1.54) is 12.1 Å². The predicted octanol–water partition coefficient (Wildman–Crippen LogP) is 3.54. The number of halogens is 1. The summed E-state index contributed by atoms with van der Waals surface area (Å²) < 4.78 is 19.1. The van der Waals surface area contributed by atoms with Crippen LogP contribution < -0.4 is 5.32 Å². The highest BCUT2D eigenvalue weighted by molar-refractivity contribution is 5.94. The molecule has 4 heteroatoms. The Hall–Kier alpha value is -2.62. The molecule has 0 fully saturated rings. The molecule has 0 radical (unpaired) electrons. The Morgan fingerprint density at radius 2 is 1.86 bits per heavy atom. The Morgan fingerprint density at radius 3 is 2.67 bits per heavy atom. The number of nitrogens with one attached hydrogen (secondary N) is 1. The second-order valence-corrected chi connectivity index (χ2v) is 4.74. The molecule has 0 aliphatic rings. The molecule has 1 amide bonds. The van der Waals surface area contributed by atoms with E-state index in [0.29, 0.717) is 13.0 Å². The first-order valence-corrected chi connectivity index (χ1v) is 6.74. The summed E-state index contributed by atoms with van der Waals surface area (Å²) in [7, 11) is 0. The molecule has 0 unspecified atom stereocenters. The van der Waals surface area contributed by atoms with Crippen molar-refractivity contribution < 1.29 is 13.6 Å². The maximum atomic E-state index is 13.5. The van der Waals surface area contributed by atoms with E-state index in [-0.39, 0.29) is 5.56 Å². The van der Waals surface area contributed by atoms with Crippen molar-refractivity contribution >= 4 is 16.9 Å². The van der Waals surface area contributed by atoms with Gasteiger partial charge in [-0.2, -0.15) is 0 Å². The highest BCUT2D eigenvalue weighted by atomic mass is 19.1. The van der Waals surface area contributed by atoms with Crippen LogP contribution in [0.4, 0.5) is 4.39 Å². The molecule has 1 aromatic heterocycles. The molecular formula is C17H14FNO2. The van der Waals surface area contributed by atoms with Crippen molar-refractivity contribution in [3.8, 4) is 0 Å². The summed E-state index contributed by atoms with van der Waals surface area (Å²) in [5.74, 6) is -0.131. The summed E-state index contributed by atoms with van der Waals surface area (Å²) in [5, 5.41) is 3.73. The van der Waals surface area contributed by atoms with Crippen LogP contribution in [-0.4, -0.2) is 12.5 Å². The maximum Gasteiger partial charge on any atom is 0.254 e. The van der Waals surface area contributed by atoms with E-state index < -0.39 is 11.7 Å². The van der Waals surface area contributed by atoms with Crippen molar-refractivity contribution in [1.29, 1.82) is 0 Å². The molecule has 0 saturated carbocycles. The van der Waals surface area contributed by atoms with Crippen LogP contribution >= 0.6 is 0 Å². The van der Waals surface area contributed by atoms with Crippen LogP contribution in [0.15, 0.2) is 59.0 Å². The average molecular weight is 283 g/mol. The normalized spacial score (nSPS) is 10.7. The van der Waals surface area contributed by atoms with Gasteiger partial charge < -0.3 is 9.73 Å². The number of hydrogen-bond acceptors (Lipinski definition) is 2. The molecule has 0 saturated heterocycles. The van der Waals surface area contributed by atoms with Crippen LogP contribution in [0.5, 0.6) is 0 Å². The standard InChI is InChI=1S/C17H14FNO2/c18-15-7-3-2-6-14(15)17(20)19-10-9-13-11-12-5-1-4-8-16(12)21-13/h1-8,11H,9-10H2,(H,19,20). The summed E-state index contributed by atoms with van der Waals surface area (Å²) in [6, 6.07) is 15.6. The second kappa shape index (κ2) is 5.79. The molecule has 3 rings (SSSR count). The van der Waals surface area contributed by atoms with Crippen molar-refractivity contribution in [1.82, 2.24) is 5.32 Å². The van der Waals surface area contributed by atoms with E-state index in [1.807, 2.05) is 30.3 Å². The number of hydrogen-bond donors (Lipinski definition) is 1. The Kier molecular flexibility index (Phi) is 3.69. The van der Waals surface area contributed by atoms with E-state index in [4.69, 9.17) is 4.42 Å². The van der Waals surface area contributed by atoms with Crippen molar-refractivity contribution in [2.24, 2.45) is 0 Å². The highest BCUT2D eigenvalue weighted by Gasteiger charge is 2.10. The van der Waals surface area contributed by atoms with Gasteiger partial charge in [0.2, 0.25) is 0 Å². The second-order valence-electron chi connectivity index (χ2n) is 4.74. The fourth-order valence-electron chi connectivity index (χ4n) is 2.20. The molecule has 2 aromatic carbocycles. The molecule has 0 bridgehead atoms. The van der Waals surface area contributed by atoms with Gasteiger partial charge >= 0.3 is 0 Å². The minimum atomic E-state index is -0.515. The molecule has 106 valence electrons. The lowest BCUT2D eigenvalue weighted by Gasteiger charge is -2.04. The fourth-order valence-corrected chi connectivity index (χ4v) is 2.20. The Balaban J connectivity index is 1.61. The van der Waals surface area contributed by atoms with Gasteiger partial charge in [0.1, 0.15) is 17.2 Å². The van der Waals surface area contributed by atoms with Crippen LogP contribution in [0.3, 0.4) is 0 Å². The Bertz CT molecular complexity index is 746. The first-order valence-electron chi connectivity index (χ1n) is 6.74. The van der Waals surface area contributed by atoms with E-state index in [9.17, 15) is 9.18 Å². The van der Waals surface area contributed by atoms with E-state index in [0.717, 1.165) is 16.7 Å². The molecule has 0 aliphatic carbocycles. The third-order valence-corrected chi connectivity index (χ3v) is 3.25. The zero-order chi connectivity index (χ0) is 14.7. The summed E-state index contributed by atoms with van der Waals surface area (Å²) in [4.78, 5) is 11.8. The number of rotatable bonds is 4. The smallest absolute Gasteiger partial charge is 0.254 e. The molecular weight excluding hydrogens is 269 g/mol. The Labute approximate surface area is 121 Å². The van der Waals surface area contributed by atoms with Gasteiger partial charge in [-0.3, -0.25) is 4.79 Å². The minimum absolute atomic E-state index is 0.0575. The summed E-state index contributed by atoms with van der Waals surface area (Å²) in [5.41, 5.74) is 0.884. The quantitative estimate of drug-likeness (QED) is 0.795. The highest BCUT2D eigenvalue weighted by Crippen LogP contribution is 2.18. The lowest BCUT2D eigenvalue weighted by molar-refractivity contribution is 0.0950. The summed E-state index contributed by atoms with van der Waals surface area (Å²) in [6.45, 7) is 0.396. The van der Waals surface area contributed by atoms with E-state index in [1.54, 1.807) is 12.1 Å². The van der Waals surface area contributed by atoms with Gasteiger partial charge in [-0.05, 0) is 24.3 Å². The van der Waals surface area contributed by atoms with Crippen LogP contribution in [0.1, 0.15) is 16.1 Å². The zero-order valence-corrected chi connectivity index (χ0v) is 11.3. The molecule has 1 N–H and O–H groups in total. The average Bonchev–Trinajstić information content (AvgIpc) is 2.90. The third-order valence-electron chi connectivity index (χ3n) is 3.25. The van der Waals surface area contributed by atoms with Crippen molar-refractivity contribution in [3.05, 3.63) is 71.7 Å². The van der Waals surface area contributed by atoms with E-state index in [2.05, 4.69) is 5.32 Å². The van der Waals surface area contributed by atoms with Crippen molar-refractivity contribution in [2.45, 2.75) is 6.42 Å². The monoisotopic (exact) mass is 283 g/mol. The maximum absolute atomic E-state index is 13.5. The first kappa shape index (κ1) is 13.4. The van der Waals surface area contributed by atoms with Gasteiger partial charge in [0, 0.05) is 18.4 Å². The van der Waals surface area contributed by atoms with Crippen LogP contribution in [0.2, 0.25) is 0 Å². The number of para-hydroxylation sites is 1. The largest absolute Gasteiger partial charge is 0.461 e. The van der Waals surface area contributed by atoms with Crippen LogP contribution in [0.25, 0.3) is 11.0 Å². The third kappa shape index (κ3) is 2.94. The molecule has 1 heterocycles. The first-order chi connectivity index (χ1) is 10.2. The number of benzene rings is 2. The number of fused-ring (bicyclic) bond motifs is 1. The van der Waals surface area contributed by atoms with Gasteiger partial charge in [-0.1, -0.05) is 30.3 Å². The van der Waals surface area contributed by atoms with E-state index >= 15 is 0 Å². The van der Waals surface area contributed by atoms with Gasteiger partial charge in [0.25, 0.3) is 5.91 Å². The van der Waals surface area contributed by atoms with Gasteiger partial charge in [0.05, 0.1) is 5.56 Å². The minimum Gasteiger partial charge on any atom is -0.461 e. The number of furan rings is 1. The molecule has 21 heavy (non-hydrogen) atoms. The van der Waals surface area contributed by atoms with Crippen LogP contribution in [-0.2, 0) is 6.42 Å². The van der Waals surface area contributed by atoms with Crippen LogP contribution in [0, 0.1) is 5.82 Å². The van der Waals surface area contributed by atoms with Gasteiger partial charge in [0.15, 0.2) is 0 Å². The van der Waals surface area contributed by atoms with Gasteiger partial charge in [-0.25, -0.2) is 4.39 Å².